The van der Waals surface area contributed by atoms with Crippen molar-refractivity contribution in [1.29, 1.82) is 0 Å². The van der Waals surface area contributed by atoms with Gasteiger partial charge in [-0.25, -0.2) is 4.39 Å². The molecule has 2 aromatic carbocycles. The Hall–Kier alpha value is -3.43. The molecule has 2 fully saturated rings. The molecule has 2 aromatic rings. The smallest absolute Gasteiger partial charge is 0.355 e. The number of alkyl halides is 3. The molecule has 6 nitrogen and oxygen atoms in total. The molecule has 10 heteroatoms. The zero-order valence-corrected chi connectivity index (χ0v) is 20.6. The van der Waals surface area contributed by atoms with Crippen LogP contribution in [-0.4, -0.2) is 48.3 Å². The quantitative estimate of drug-likeness (QED) is 0.584. The van der Waals surface area contributed by atoms with E-state index in [-0.39, 0.29) is 24.9 Å². The summed E-state index contributed by atoms with van der Waals surface area (Å²) in [5.74, 6) is -3.10. The van der Waals surface area contributed by atoms with Gasteiger partial charge in [0.1, 0.15) is 11.9 Å². The third kappa shape index (κ3) is 5.19. The second-order valence-corrected chi connectivity index (χ2v) is 10.0. The molecule has 3 amide bonds. The van der Waals surface area contributed by atoms with E-state index in [1.54, 1.807) is 18.7 Å². The van der Waals surface area contributed by atoms with Gasteiger partial charge in [-0.1, -0.05) is 44.2 Å². The van der Waals surface area contributed by atoms with Crippen LogP contribution in [0, 0.1) is 17.2 Å². The molecule has 2 saturated heterocycles. The highest BCUT2D eigenvalue weighted by Gasteiger charge is 2.52. The largest absolute Gasteiger partial charge is 0.416 e. The molecule has 0 saturated carbocycles. The topological polar surface area (TPSA) is 78.5 Å². The number of likely N-dealkylation sites (tertiary alicyclic amines) is 1. The maximum atomic E-state index is 14.2. The first-order valence-corrected chi connectivity index (χ1v) is 12.2. The molecule has 4 rings (SSSR count). The number of nitrogens with zero attached hydrogens (tertiary/aromatic N) is 1. The summed E-state index contributed by atoms with van der Waals surface area (Å²) in [5.41, 5.74) is -1.53. The fourth-order valence-corrected chi connectivity index (χ4v) is 5.35. The maximum Gasteiger partial charge on any atom is 0.416 e. The Morgan fingerprint density at radius 3 is 2.32 bits per heavy atom. The summed E-state index contributed by atoms with van der Waals surface area (Å²) in [4.78, 5) is 40.6. The van der Waals surface area contributed by atoms with Crippen molar-refractivity contribution >= 4 is 17.7 Å². The van der Waals surface area contributed by atoms with Crippen LogP contribution < -0.4 is 10.6 Å². The predicted molar refractivity (Wildman–Crippen MR) is 128 cm³/mol. The van der Waals surface area contributed by atoms with Gasteiger partial charge in [0.05, 0.1) is 16.5 Å². The number of benzene rings is 2. The number of hydrogen-bond acceptors (Lipinski definition) is 3. The molecule has 1 spiro atoms. The molecule has 0 bridgehead atoms. The van der Waals surface area contributed by atoms with Crippen LogP contribution in [0.15, 0.2) is 48.5 Å². The summed E-state index contributed by atoms with van der Waals surface area (Å²) >= 11 is 0. The van der Waals surface area contributed by atoms with Crippen LogP contribution in [0.4, 0.5) is 17.6 Å². The molecule has 2 N–H and O–H groups in total. The second kappa shape index (κ2) is 10.1. The van der Waals surface area contributed by atoms with E-state index in [9.17, 15) is 31.9 Å². The minimum Gasteiger partial charge on any atom is -0.355 e. The van der Waals surface area contributed by atoms with Crippen LogP contribution >= 0.6 is 0 Å². The molecule has 37 heavy (non-hydrogen) atoms. The second-order valence-electron chi connectivity index (χ2n) is 10.0. The molecular formula is C27H29F4N3O3. The highest BCUT2D eigenvalue weighted by Crippen LogP contribution is 2.47. The first-order chi connectivity index (χ1) is 17.4. The van der Waals surface area contributed by atoms with Gasteiger partial charge in [-0.15, -0.1) is 0 Å². The molecule has 0 aliphatic carbocycles. The molecule has 0 radical (unpaired) electrons. The Balaban J connectivity index is 1.48. The van der Waals surface area contributed by atoms with E-state index in [0.29, 0.717) is 37.6 Å². The van der Waals surface area contributed by atoms with Crippen LogP contribution in [0.2, 0.25) is 0 Å². The van der Waals surface area contributed by atoms with Gasteiger partial charge in [-0.2, -0.15) is 13.2 Å². The van der Waals surface area contributed by atoms with Gasteiger partial charge < -0.3 is 15.5 Å². The summed E-state index contributed by atoms with van der Waals surface area (Å²) in [5, 5.41) is 5.40. The van der Waals surface area contributed by atoms with Crippen molar-refractivity contribution in [2.75, 3.05) is 19.6 Å². The van der Waals surface area contributed by atoms with E-state index in [4.69, 9.17) is 0 Å². The third-order valence-electron chi connectivity index (χ3n) is 7.51. The lowest BCUT2D eigenvalue weighted by atomic mass is 9.68. The zero-order valence-electron chi connectivity index (χ0n) is 20.6. The van der Waals surface area contributed by atoms with Gasteiger partial charge in [0, 0.05) is 25.6 Å². The van der Waals surface area contributed by atoms with Gasteiger partial charge in [-0.05, 0) is 42.5 Å². The van der Waals surface area contributed by atoms with Crippen LogP contribution in [0.5, 0.6) is 0 Å². The van der Waals surface area contributed by atoms with E-state index >= 15 is 0 Å². The fourth-order valence-electron chi connectivity index (χ4n) is 5.35. The summed E-state index contributed by atoms with van der Waals surface area (Å²) < 4.78 is 53.4. The fraction of sp³-hybridized carbons (Fsp3) is 0.444. The Morgan fingerprint density at radius 1 is 1.08 bits per heavy atom. The molecule has 2 atom stereocenters. The molecule has 0 aromatic heterocycles. The van der Waals surface area contributed by atoms with E-state index in [1.165, 1.54) is 0 Å². The van der Waals surface area contributed by atoms with Crippen LogP contribution in [-0.2, 0) is 15.8 Å². The minimum atomic E-state index is -4.75. The standard InChI is InChI=1S/C27H29F4N3O3/c1-16(2)22(33-23(35)19-14-18(27(29,30)31)8-9-21(19)28)24(36)34-12-10-26(11-13-34)20(15-32-25(26)37)17-6-4-3-5-7-17/h3-9,14,16,20,22H,10-13,15H2,1-2H3,(H,32,37)(H,33,35)/t20?,22-/m1/s1. The number of nitrogens with one attached hydrogen (secondary N) is 2. The van der Waals surface area contributed by atoms with Crippen molar-refractivity contribution in [3.05, 3.63) is 71.0 Å². The molecule has 2 aliphatic rings. The molecule has 1 unspecified atom stereocenters. The lowest BCUT2D eigenvalue weighted by Crippen LogP contribution is -2.55. The van der Waals surface area contributed by atoms with Crippen molar-refractivity contribution in [1.82, 2.24) is 15.5 Å². The molecular weight excluding hydrogens is 490 g/mol. The van der Waals surface area contributed by atoms with Crippen molar-refractivity contribution < 1.29 is 31.9 Å². The van der Waals surface area contributed by atoms with E-state index in [2.05, 4.69) is 10.6 Å². The first kappa shape index (κ1) is 26.6. The maximum absolute atomic E-state index is 14.2. The van der Waals surface area contributed by atoms with Gasteiger partial charge in [0.15, 0.2) is 0 Å². The summed E-state index contributed by atoms with van der Waals surface area (Å²) in [6.45, 7) is 4.46. The van der Waals surface area contributed by atoms with Gasteiger partial charge >= 0.3 is 6.18 Å². The molecule has 2 heterocycles. The van der Waals surface area contributed by atoms with E-state index in [1.807, 2.05) is 30.3 Å². The van der Waals surface area contributed by atoms with Crippen LogP contribution in [0.1, 0.15) is 54.1 Å². The summed E-state index contributed by atoms with van der Waals surface area (Å²) in [6, 6.07) is 10.3. The third-order valence-corrected chi connectivity index (χ3v) is 7.51. The summed E-state index contributed by atoms with van der Waals surface area (Å²) in [7, 11) is 0. The number of amides is 3. The van der Waals surface area contributed by atoms with Crippen molar-refractivity contribution in [2.45, 2.75) is 44.8 Å². The van der Waals surface area contributed by atoms with Crippen molar-refractivity contribution in [3.8, 4) is 0 Å². The van der Waals surface area contributed by atoms with Gasteiger partial charge in [-0.3, -0.25) is 14.4 Å². The van der Waals surface area contributed by atoms with Crippen LogP contribution in [0.25, 0.3) is 0 Å². The average Bonchev–Trinajstić information content (AvgIpc) is 3.17. The summed E-state index contributed by atoms with van der Waals surface area (Å²) in [6.07, 6.45) is -3.87. The molecule has 198 valence electrons. The number of halogens is 4. The zero-order chi connectivity index (χ0) is 27.0. The highest BCUT2D eigenvalue weighted by molar-refractivity contribution is 5.98. The Morgan fingerprint density at radius 2 is 1.73 bits per heavy atom. The van der Waals surface area contributed by atoms with Crippen LogP contribution in [0.3, 0.4) is 0 Å². The van der Waals surface area contributed by atoms with Crippen molar-refractivity contribution in [3.63, 3.8) is 0 Å². The normalized spacial score (nSPS) is 20.1. The van der Waals surface area contributed by atoms with E-state index < -0.39 is 52.3 Å². The Labute approximate surface area is 212 Å². The number of carbonyl (C=O) groups excluding carboxylic acids is 3. The lowest BCUT2D eigenvalue weighted by Gasteiger charge is -2.42. The molecule has 2 aliphatic heterocycles. The average molecular weight is 520 g/mol. The predicted octanol–water partition coefficient (Wildman–Crippen LogP) is 4.12. The van der Waals surface area contributed by atoms with Gasteiger partial charge in [0.2, 0.25) is 11.8 Å². The number of carbonyl (C=O) groups is 3. The number of piperidine rings is 1. The minimum absolute atomic E-state index is 0.0251. The number of hydrogen-bond donors (Lipinski definition) is 2. The Bertz CT molecular complexity index is 1180. The van der Waals surface area contributed by atoms with Gasteiger partial charge in [0.25, 0.3) is 5.91 Å². The van der Waals surface area contributed by atoms with Crippen molar-refractivity contribution in [2.24, 2.45) is 11.3 Å². The first-order valence-electron chi connectivity index (χ1n) is 12.2. The highest BCUT2D eigenvalue weighted by atomic mass is 19.4. The monoisotopic (exact) mass is 519 g/mol. The number of rotatable bonds is 5. The Kier molecular flexibility index (Phi) is 7.30. The van der Waals surface area contributed by atoms with E-state index in [0.717, 1.165) is 5.56 Å². The lowest BCUT2D eigenvalue weighted by molar-refractivity contribution is -0.141. The SMILES string of the molecule is CC(C)[C@@H](NC(=O)c1cc(C(F)(F)F)ccc1F)C(=O)N1CCC2(CC1)C(=O)NCC2c1ccccc1.